The molecule has 0 aliphatic heterocycles. The van der Waals surface area contributed by atoms with Gasteiger partial charge in [-0.2, -0.15) is 26.3 Å². The number of hydrogen-bond donors (Lipinski definition) is 6. The van der Waals surface area contributed by atoms with E-state index in [1.54, 1.807) is 85.8 Å². The highest BCUT2D eigenvalue weighted by Gasteiger charge is 2.38. The molecule has 0 radical (unpaired) electrons. The first-order valence-electron chi connectivity index (χ1n) is 23.1. The van der Waals surface area contributed by atoms with E-state index >= 15 is 8.78 Å². The summed E-state index contributed by atoms with van der Waals surface area (Å²) in [6.45, 7) is 2.96. The van der Waals surface area contributed by atoms with E-state index < -0.39 is 93.0 Å². The van der Waals surface area contributed by atoms with Gasteiger partial charge in [0.25, 0.3) is 11.8 Å². The first kappa shape index (κ1) is 50.4. The first-order chi connectivity index (χ1) is 36.2. The maximum atomic E-state index is 16.1. The number of aromatic amines is 2. The van der Waals surface area contributed by atoms with Gasteiger partial charge in [0.05, 0.1) is 68.4 Å². The minimum absolute atomic E-state index is 0.0395. The van der Waals surface area contributed by atoms with Gasteiger partial charge in [0.1, 0.15) is 11.6 Å². The lowest BCUT2D eigenvalue weighted by molar-refractivity contribution is -0.138. The van der Waals surface area contributed by atoms with E-state index in [4.69, 9.17) is 0 Å². The van der Waals surface area contributed by atoms with E-state index in [9.17, 15) is 46.1 Å². The number of benzene rings is 6. The molecule has 2 atom stereocenters. The van der Waals surface area contributed by atoms with Crippen molar-refractivity contribution < 1.29 is 54.9 Å². The number of nitrogens with one attached hydrogen (secondary N) is 4. The number of aliphatic hydroxyl groups excluding tert-OH is 2. The van der Waals surface area contributed by atoms with Gasteiger partial charge >= 0.3 is 12.4 Å². The van der Waals surface area contributed by atoms with Crippen molar-refractivity contribution in [3.8, 4) is 56.5 Å². The lowest BCUT2D eigenvalue weighted by Crippen LogP contribution is -2.17. The number of rotatable bonds is 11. The van der Waals surface area contributed by atoms with Crippen molar-refractivity contribution in [3.05, 3.63) is 191 Å². The zero-order valence-electron chi connectivity index (χ0n) is 39.5. The van der Waals surface area contributed by atoms with E-state index in [0.717, 1.165) is 6.20 Å². The molecule has 0 saturated heterocycles. The average Bonchev–Trinajstić information content (AvgIpc) is 3.96. The van der Waals surface area contributed by atoms with Crippen LogP contribution in [0.25, 0.3) is 78.4 Å². The number of amides is 2. The fourth-order valence-corrected chi connectivity index (χ4v) is 8.91. The lowest BCUT2D eigenvalue weighted by atomic mass is 9.98. The fourth-order valence-electron chi connectivity index (χ4n) is 8.91. The Morgan fingerprint density at radius 1 is 0.539 bits per heavy atom. The molecule has 382 valence electrons. The fraction of sp³-hybridized carbons (Fsp3) is 0.107. The van der Waals surface area contributed by atoms with Gasteiger partial charge in [-0.25, -0.2) is 28.7 Å². The summed E-state index contributed by atoms with van der Waals surface area (Å²) in [6.07, 6.45) is -8.95. The number of nitrogens with zero attached hydrogens (tertiary/aromatic N) is 4. The number of H-pyrrole nitrogens is 2. The molecule has 6 N–H and O–H groups in total. The molecule has 10 rings (SSSR count). The summed E-state index contributed by atoms with van der Waals surface area (Å²) in [4.78, 5) is 51.4. The second kappa shape index (κ2) is 19.6. The second-order valence-electron chi connectivity index (χ2n) is 17.6. The molecule has 0 aliphatic rings. The maximum absolute atomic E-state index is 16.1. The summed E-state index contributed by atoms with van der Waals surface area (Å²) in [6, 6.07) is 29.4. The largest absolute Gasteiger partial charge is 0.417 e. The number of carbonyl (C=O) groups excluding carboxylic acids is 2. The highest BCUT2D eigenvalue weighted by Crippen LogP contribution is 2.44. The van der Waals surface area contributed by atoms with Gasteiger partial charge in [-0.1, -0.05) is 66.7 Å². The molecule has 0 saturated carbocycles. The number of aliphatic hydroxyl groups is 2. The summed E-state index contributed by atoms with van der Waals surface area (Å²) >= 11 is 0. The van der Waals surface area contributed by atoms with Crippen molar-refractivity contribution in [2.45, 2.75) is 38.4 Å². The van der Waals surface area contributed by atoms with Crippen LogP contribution < -0.4 is 10.6 Å². The molecule has 0 aliphatic carbocycles. The van der Waals surface area contributed by atoms with Gasteiger partial charge in [-0.05, 0) is 85.6 Å². The highest BCUT2D eigenvalue weighted by atomic mass is 19.4. The smallest absolute Gasteiger partial charge is 0.389 e. The van der Waals surface area contributed by atoms with E-state index in [-0.39, 0.29) is 56.9 Å². The number of fused-ring (bicyclic) bond motifs is 2. The molecule has 0 spiro atoms. The third-order valence-corrected chi connectivity index (χ3v) is 12.6. The van der Waals surface area contributed by atoms with Crippen molar-refractivity contribution in [1.29, 1.82) is 0 Å². The van der Waals surface area contributed by atoms with Crippen LogP contribution in [0.4, 0.5) is 46.5 Å². The van der Waals surface area contributed by atoms with Crippen molar-refractivity contribution in [1.82, 2.24) is 29.9 Å². The Labute approximate surface area is 425 Å². The van der Waals surface area contributed by atoms with E-state index in [0.29, 0.717) is 45.4 Å². The number of carbonyl (C=O) groups is 2. The van der Waals surface area contributed by atoms with Crippen LogP contribution in [-0.2, 0) is 12.4 Å². The zero-order valence-corrected chi connectivity index (χ0v) is 39.5. The van der Waals surface area contributed by atoms with Gasteiger partial charge in [-0.15, -0.1) is 0 Å². The van der Waals surface area contributed by atoms with Gasteiger partial charge in [0, 0.05) is 62.7 Å². The van der Waals surface area contributed by atoms with Gasteiger partial charge in [0.2, 0.25) is 0 Å². The zero-order chi connectivity index (χ0) is 53.8. The molecule has 2 unspecified atom stereocenters. The standard InChI is InChI=1S/C56H38F8N8O4/c1-27(73)31-14-15-44-38(20-31)49(46(68-44)29-10-5-3-6-11-29)71-53(75)36-24-34(41(26-43(36)58)56(62,63)64)52-67-19-16-45(69-52)37-21-32(28(2)74)22-39-48(37)70-47(30-12-7-4-8-13-30)50(39)72-54(76)35-23-33(51-65-17-9-18-66-51)40(25-42(35)57)55(59,60)61/h3-28,68,70,73-74H,1-2H3,(H,71,75)(H,72,76). The molecule has 12 nitrogen and oxygen atoms in total. The summed E-state index contributed by atoms with van der Waals surface area (Å²) in [5.74, 6) is -6.41. The van der Waals surface area contributed by atoms with E-state index in [2.05, 4.69) is 40.5 Å². The maximum Gasteiger partial charge on any atom is 0.417 e. The lowest BCUT2D eigenvalue weighted by Gasteiger charge is -2.16. The molecule has 4 heterocycles. The van der Waals surface area contributed by atoms with E-state index in [1.165, 1.54) is 43.6 Å². The first-order valence-corrected chi connectivity index (χ1v) is 23.1. The van der Waals surface area contributed by atoms with Crippen LogP contribution in [0.15, 0.2) is 146 Å². The van der Waals surface area contributed by atoms with Crippen LogP contribution in [0.1, 0.15) is 69.0 Å². The molecule has 76 heavy (non-hydrogen) atoms. The topological polar surface area (TPSA) is 182 Å². The molecule has 10 aromatic rings. The minimum Gasteiger partial charge on any atom is -0.389 e. The molecule has 0 fully saturated rings. The Balaban J connectivity index is 1.10. The Bertz CT molecular complexity index is 3880. The molecular weight excluding hydrogens is 1000 g/mol. The van der Waals surface area contributed by atoms with Crippen molar-refractivity contribution in [2.75, 3.05) is 10.6 Å². The number of aromatic nitrogens is 6. The molecule has 6 aromatic carbocycles. The summed E-state index contributed by atoms with van der Waals surface area (Å²) in [5.41, 5.74) is -2.89. The van der Waals surface area contributed by atoms with Crippen LogP contribution in [0.5, 0.6) is 0 Å². The third kappa shape index (κ3) is 9.62. The predicted octanol–water partition coefficient (Wildman–Crippen LogP) is 13.5. The van der Waals surface area contributed by atoms with Crippen LogP contribution in [0.3, 0.4) is 0 Å². The van der Waals surface area contributed by atoms with Crippen molar-refractivity contribution in [2.24, 2.45) is 0 Å². The Morgan fingerprint density at radius 3 is 1.58 bits per heavy atom. The SMILES string of the molecule is CC(O)c1ccc2[nH]c(-c3ccccc3)c(NC(=O)c3cc(-c4nccc(-c5cc(C(C)O)cc6c(NC(=O)c7cc(-c8ncccn8)c(C(F)(F)F)cc7F)c(-c7ccccc7)[nH]c56)n4)c(C(F)(F)F)cc3F)c2c1. The van der Waals surface area contributed by atoms with Crippen LogP contribution in [-0.4, -0.2) is 51.9 Å². The predicted molar refractivity (Wildman–Crippen MR) is 268 cm³/mol. The van der Waals surface area contributed by atoms with E-state index in [1.807, 2.05) is 0 Å². The molecular formula is C56H38F8N8O4. The summed E-state index contributed by atoms with van der Waals surface area (Å²) < 4.78 is 120. The molecule has 4 aromatic heterocycles. The molecule has 2 amide bonds. The van der Waals surface area contributed by atoms with Gasteiger partial charge < -0.3 is 30.8 Å². The van der Waals surface area contributed by atoms with Crippen LogP contribution in [0.2, 0.25) is 0 Å². The molecule has 0 bridgehead atoms. The normalized spacial score (nSPS) is 12.7. The monoisotopic (exact) mass is 1040 g/mol. The number of anilines is 2. The van der Waals surface area contributed by atoms with Gasteiger partial charge in [0.15, 0.2) is 11.6 Å². The van der Waals surface area contributed by atoms with Gasteiger partial charge in [-0.3, -0.25) is 9.59 Å². The Kier molecular flexibility index (Phi) is 13.0. The van der Waals surface area contributed by atoms with Crippen molar-refractivity contribution in [3.63, 3.8) is 0 Å². The molecule has 20 heteroatoms. The highest BCUT2D eigenvalue weighted by molar-refractivity contribution is 6.16. The summed E-state index contributed by atoms with van der Waals surface area (Å²) in [7, 11) is 0. The minimum atomic E-state index is -5.21. The Hall–Kier alpha value is -9.14. The number of hydrogen-bond acceptors (Lipinski definition) is 8. The third-order valence-electron chi connectivity index (χ3n) is 12.6. The average molecular weight is 1040 g/mol. The second-order valence-corrected chi connectivity index (χ2v) is 17.6. The summed E-state index contributed by atoms with van der Waals surface area (Å²) in [5, 5.41) is 27.3. The van der Waals surface area contributed by atoms with Crippen molar-refractivity contribution >= 4 is 45.0 Å². The van der Waals surface area contributed by atoms with Crippen LogP contribution >= 0.6 is 0 Å². The quantitative estimate of drug-likeness (QED) is 0.0692. The number of alkyl halides is 6. The van der Waals surface area contributed by atoms with Crippen LogP contribution in [0, 0.1) is 11.6 Å². The number of halogens is 8. The Morgan fingerprint density at radius 2 is 1.04 bits per heavy atom.